The Morgan fingerprint density at radius 2 is 2.19 bits per heavy atom. The molecule has 0 N–H and O–H groups in total. The summed E-state index contributed by atoms with van der Waals surface area (Å²) >= 11 is 8.89. The molecule has 0 spiro atoms. The van der Waals surface area contributed by atoms with E-state index in [2.05, 4.69) is 22.6 Å². The van der Waals surface area contributed by atoms with E-state index < -0.39 is 0 Å². The van der Waals surface area contributed by atoms with Crippen molar-refractivity contribution in [3.63, 3.8) is 0 Å². The zero-order valence-electron chi connectivity index (χ0n) is 11.0. The number of benzene rings is 1. The molecule has 3 nitrogen and oxygen atoms in total. The summed E-state index contributed by atoms with van der Waals surface area (Å²) in [5, 5.41) is 0. The first-order chi connectivity index (χ1) is 10.1. The fraction of sp³-hybridized carbons (Fsp3) is 0.200. The SMILES string of the molecule is O=C1/C(=C/C2=CCC(I)O2)SC(=S)N1Cc1ccccc1. The molecular formula is C15H12INO2S2. The number of nitrogens with zero attached hydrogens (tertiary/aromatic N) is 1. The van der Waals surface area contributed by atoms with Gasteiger partial charge in [-0.3, -0.25) is 9.69 Å². The van der Waals surface area contributed by atoms with Crippen LogP contribution in [0.15, 0.2) is 53.1 Å². The molecule has 2 aliphatic rings. The summed E-state index contributed by atoms with van der Waals surface area (Å²) in [4.78, 5) is 14.7. The summed E-state index contributed by atoms with van der Waals surface area (Å²) < 4.78 is 6.36. The summed E-state index contributed by atoms with van der Waals surface area (Å²) in [5.41, 5.74) is 1.07. The van der Waals surface area contributed by atoms with Gasteiger partial charge in [0.25, 0.3) is 5.91 Å². The van der Waals surface area contributed by atoms with Crippen molar-refractivity contribution in [3.05, 3.63) is 58.7 Å². The van der Waals surface area contributed by atoms with E-state index in [9.17, 15) is 4.79 Å². The first-order valence-electron chi connectivity index (χ1n) is 6.43. The van der Waals surface area contributed by atoms with E-state index in [1.165, 1.54) is 11.8 Å². The van der Waals surface area contributed by atoms with Crippen LogP contribution >= 0.6 is 46.6 Å². The predicted molar refractivity (Wildman–Crippen MR) is 96.9 cm³/mol. The molecule has 21 heavy (non-hydrogen) atoms. The number of carbonyl (C=O) groups is 1. The molecule has 0 aromatic heterocycles. The lowest BCUT2D eigenvalue weighted by Gasteiger charge is -2.14. The average molecular weight is 429 g/mol. The highest BCUT2D eigenvalue weighted by Crippen LogP contribution is 2.34. The van der Waals surface area contributed by atoms with Gasteiger partial charge in [-0.05, 0) is 40.3 Å². The third kappa shape index (κ3) is 3.49. The maximum atomic E-state index is 12.5. The van der Waals surface area contributed by atoms with E-state index in [4.69, 9.17) is 17.0 Å². The minimum absolute atomic E-state index is 0.0461. The van der Waals surface area contributed by atoms with E-state index in [1.54, 1.807) is 11.0 Å². The molecule has 2 heterocycles. The third-order valence-electron chi connectivity index (χ3n) is 3.10. The zero-order chi connectivity index (χ0) is 14.8. The zero-order valence-corrected chi connectivity index (χ0v) is 14.8. The maximum Gasteiger partial charge on any atom is 0.266 e. The van der Waals surface area contributed by atoms with Gasteiger partial charge in [-0.25, -0.2) is 0 Å². The van der Waals surface area contributed by atoms with Crippen LogP contribution in [0.25, 0.3) is 0 Å². The van der Waals surface area contributed by atoms with Gasteiger partial charge in [0.1, 0.15) is 10.1 Å². The van der Waals surface area contributed by atoms with Crippen molar-refractivity contribution in [2.24, 2.45) is 0 Å². The average Bonchev–Trinajstić information content (AvgIpc) is 2.99. The van der Waals surface area contributed by atoms with Gasteiger partial charge in [0.15, 0.2) is 4.11 Å². The van der Waals surface area contributed by atoms with Crippen molar-refractivity contribution < 1.29 is 9.53 Å². The summed E-state index contributed by atoms with van der Waals surface area (Å²) in [5.74, 6) is 0.713. The monoisotopic (exact) mass is 429 g/mol. The smallest absolute Gasteiger partial charge is 0.266 e. The quantitative estimate of drug-likeness (QED) is 0.315. The Balaban J connectivity index is 1.75. The van der Waals surface area contributed by atoms with Crippen LogP contribution < -0.4 is 0 Å². The molecule has 1 amide bonds. The Labute approximate surface area is 146 Å². The Kier molecular flexibility index (Phi) is 4.66. The molecule has 1 aromatic carbocycles. The van der Waals surface area contributed by atoms with Crippen molar-refractivity contribution in [1.29, 1.82) is 0 Å². The van der Waals surface area contributed by atoms with E-state index in [0.717, 1.165) is 17.7 Å². The van der Waals surface area contributed by atoms with Crippen LogP contribution in [0.2, 0.25) is 0 Å². The molecule has 6 heteroatoms. The molecule has 1 atom stereocenters. The molecule has 108 valence electrons. The molecule has 1 saturated heterocycles. The van der Waals surface area contributed by atoms with Crippen molar-refractivity contribution >= 4 is 56.8 Å². The molecular weight excluding hydrogens is 417 g/mol. The maximum absolute atomic E-state index is 12.5. The van der Waals surface area contributed by atoms with Crippen molar-refractivity contribution in [1.82, 2.24) is 4.90 Å². The highest BCUT2D eigenvalue weighted by molar-refractivity contribution is 14.1. The number of thioether (sulfide) groups is 1. The van der Waals surface area contributed by atoms with Crippen molar-refractivity contribution in [2.75, 3.05) is 0 Å². The van der Waals surface area contributed by atoms with Crippen LogP contribution in [0.3, 0.4) is 0 Å². The standard InChI is InChI=1S/C15H12INO2S2/c16-13-7-6-11(19-13)8-12-14(18)17(15(20)21-12)9-10-4-2-1-3-5-10/h1-6,8,13H,7,9H2/b12-8-. The van der Waals surface area contributed by atoms with Crippen LogP contribution in [-0.4, -0.2) is 19.2 Å². The van der Waals surface area contributed by atoms with Crippen LogP contribution in [0, 0.1) is 0 Å². The van der Waals surface area contributed by atoms with Gasteiger partial charge in [-0.1, -0.05) is 54.3 Å². The van der Waals surface area contributed by atoms with Crippen molar-refractivity contribution in [2.45, 2.75) is 17.1 Å². The Bertz CT molecular complexity index is 642. The number of halogens is 1. The minimum atomic E-state index is -0.0461. The number of carbonyl (C=O) groups excluding carboxylic acids is 1. The van der Waals surface area contributed by atoms with Crippen LogP contribution in [-0.2, 0) is 16.1 Å². The van der Waals surface area contributed by atoms with E-state index in [-0.39, 0.29) is 10.0 Å². The molecule has 0 radical (unpaired) electrons. The normalized spacial score (nSPS) is 23.7. The summed E-state index contributed by atoms with van der Waals surface area (Å²) in [6.07, 6.45) is 4.67. The molecule has 1 fully saturated rings. The van der Waals surface area contributed by atoms with Gasteiger partial charge < -0.3 is 4.74 Å². The van der Waals surface area contributed by atoms with Gasteiger partial charge in [-0.15, -0.1) is 0 Å². The highest BCUT2D eigenvalue weighted by atomic mass is 127. The first-order valence-corrected chi connectivity index (χ1v) is 8.91. The van der Waals surface area contributed by atoms with Gasteiger partial charge in [0.2, 0.25) is 0 Å². The van der Waals surface area contributed by atoms with Gasteiger partial charge >= 0.3 is 0 Å². The number of allylic oxidation sites excluding steroid dienone is 1. The highest BCUT2D eigenvalue weighted by Gasteiger charge is 2.32. The van der Waals surface area contributed by atoms with Crippen LogP contribution in [0.4, 0.5) is 0 Å². The number of hydrogen-bond donors (Lipinski definition) is 0. The summed E-state index contributed by atoms with van der Waals surface area (Å²) in [6.45, 7) is 0.512. The number of thiocarbonyl (C=S) groups is 1. The molecule has 0 aliphatic carbocycles. The Hall–Kier alpha value is -0.860. The number of alkyl halides is 1. The molecule has 1 aromatic rings. The predicted octanol–water partition coefficient (Wildman–Crippen LogP) is 4.00. The molecule has 2 aliphatic heterocycles. The Morgan fingerprint density at radius 1 is 1.43 bits per heavy atom. The second-order valence-electron chi connectivity index (χ2n) is 4.62. The number of ether oxygens (including phenoxy) is 1. The van der Waals surface area contributed by atoms with Gasteiger partial charge in [0.05, 0.1) is 11.4 Å². The molecule has 0 bridgehead atoms. The number of amides is 1. The summed E-state index contributed by atoms with van der Waals surface area (Å²) in [7, 11) is 0. The topological polar surface area (TPSA) is 29.5 Å². The van der Waals surface area contributed by atoms with Crippen molar-refractivity contribution in [3.8, 4) is 0 Å². The van der Waals surface area contributed by atoms with E-state index >= 15 is 0 Å². The van der Waals surface area contributed by atoms with E-state index in [0.29, 0.717) is 15.8 Å². The Morgan fingerprint density at radius 3 is 2.86 bits per heavy atom. The lowest BCUT2D eigenvalue weighted by Crippen LogP contribution is -2.27. The molecule has 3 rings (SSSR count). The number of rotatable bonds is 3. The van der Waals surface area contributed by atoms with Crippen LogP contribution in [0.5, 0.6) is 0 Å². The molecule has 0 saturated carbocycles. The van der Waals surface area contributed by atoms with Crippen LogP contribution in [0.1, 0.15) is 12.0 Å². The lowest BCUT2D eigenvalue weighted by atomic mass is 10.2. The largest absolute Gasteiger partial charge is 0.480 e. The lowest BCUT2D eigenvalue weighted by molar-refractivity contribution is -0.122. The molecule has 1 unspecified atom stereocenters. The first kappa shape index (κ1) is 15.1. The minimum Gasteiger partial charge on any atom is -0.480 e. The van der Waals surface area contributed by atoms with E-state index in [1.807, 2.05) is 36.4 Å². The third-order valence-corrected chi connectivity index (χ3v) is 5.24. The summed E-state index contributed by atoms with van der Waals surface area (Å²) in [6, 6.07) is 9.86. The second kappa shape index (κ2) is 6.50. The second-order valence-corrected chi connectivity index (χ2v) is 7.69. The fourth-order valence-electron chi connectivity index (χ4n) is 2.08. The van der Waals surface area contributed by atoms with Gasteiger partial charge in [-0.2, -0.15) is 0 Å². The van der Waals surface area contributed by atoms with Gasteiger partial charge in [0, 0.05) is 6.42 Å². The fourth-order valence-corrected chi connectivity index (χ4v) is 3.86. The number of hydrogen-bond acceptors (Lipinski definition) is 4.